The third-order valence-electron chi connectivity index (χ3n) is 4.54. The topological polar surface area (TPSA) is 74.2 Å². The van der Waals surface area contributed by atoms with Gasteiger partial charge in [-0.15, -0.1) is 0 Å². The fraction of sp³-hybridized carbons (Fsp3) is 0.444. The molecule has 0 aromatic carbocycles. The molecule has 6 nitrogen and oxygen atoms in total. The molecule has 24 heavy (non-hydrogen) atoms. The molecule has 0 spiro atoms. The van der Waals surface area contributed by atoms with E-state index in [2.05, 4.69) is 16.3 Å². The lowest BCUT2D eigenvalue weighted by molar-refractivity contribution is 0.0937. The van der Waals surface area contributed by atoms with Crippen LogP contribution >= 0.6 is 0 Å². The van der Waals surface area contributed by atoms with Crippen molar-refractivity contribution in [2.45, 2.75) is 25.8 Å². The van der Waals surface area contributed by atoms with Crippen LogP contribution in [-0.2, 0) is 0 Å². The molecule has 0 radical (unpaired) electrons. The Morgan fingerprint density at radius 1 is 1.46 bits per heavy atom. The van der Waals surface area contributed by atoms with E-state index in [1.54, 1.807) is 23.9 Å². The molecule has 2 aromatic rings. The van der Waals surface area contributed by atoms with Gasteiger partial charge in [-0.1, -0.05) is 0 Å². The summed E-state index contributed by atoms with van der Waals surface area (Å²) in [6.45, 7) is 2.29. The predicted octanol–water partition coefficient (Wildman–Crippen LogP) is 2.32. The third kappa shape index (κ3) is 3.08. The maximum Gasteiger partial charge on any atom is 0.256 e. The number of carbonyl (C=O) groups is 1. The zero-order valence-electron chi connectivity index (χ0n) is 14.2. The van der Waals surface area contributed by atoms with Crippen LogP contribution in [0.5, 0.6) is 0 Å². The summed E-state index contributed by atoms with van der Waals surface area (Å²) in [5.74, 6) is 1.24. The summed E-state index contributed by atoms with van der Waals surface area (Å²) in [5, 5.41) is 12.5. The van der Waals surface area contributed by atoms with E-state index in [0.29, 0.717) is 35.7 Å². The minimum absolute atomic E-state index is 0.251. The molecule has 6 heteroatoms. The van der Waals surface area contributed by atoms with E-state index in [9.17, 15) is 10.1 Å². The van der Waals surface area contributed by atoms with E-state index in [1.807, 2.05) is 26.2 Å². The Bertz CT molecular complexity index is 762. The summed E-state index contributed by atoms with van der Waals surface area (Å²) in [7, 11) is 4.06. The van der Waals surface area contributed by atoms with Crippen molar-refractivity contribution in [1.82, 2.24) is 14.8 Å². The zero-order chi connectivity index (χ0) is 17.3. The second kappa shape index (κ2) is 6.54. The molecule has 1 fully saturated rings. The van der Waals surface area contributed by atoms with Crippen LogP contribution in [0.4, 0.5) is 0 Å². The minimum atomic E-state index is -0.251. The molecule has 0 aliphatic heterocycles. The molecule has 1 amide bonds. The fourth-order valence-electron chi connectivity index (χ4n) is 3.10. The summed E-state index contributed by atoms with van der Waals surface area (Å²) in [6.07, 6.45) is 6.00. The Kier molecular flexibility index (Phi) is 4.45. The maximum atomic E-state index is 12.6. The number of furan rings is 1. The van der Waals surface area contributed by atoms with E-state index in [0.717, 1.165) is 0 Å². The number of amides is 1. The quantitative estimate of drug-likeness (QED) is 0.884. The van der Waals surface area contributed by atoms with Crippen LogP contribution in [0.25, 0.3) is 5.88 Å². The first-order valence-corrected chi connectivity index (χ1v) is 8.14. The third-order valence-corrected chi connectivity index (χ3v) is 4.54. The van der Waals surface area contributed by atoms with Gasteiger partial charge in [0.1, 0.15) is 23.0 Å². The van der Waals surface area contributed by atoms with E-state index >= 15 is 0 Å². The molecular weight excluding hydrogens is 304 g/mol. The van der Waals surface area contributed by atoms with Crippen LogP contribution in [0.1, 0.15) is 34.5 Å². The maximum absolute atomic E-state index is 12.6. The Morgan fingerprint density at radius 2 is 2.12 bits per heavy atom. The molecule has 1 N–H and O–H groups in total. The molecule has 2 heterocycles. The van der Waals surface area contributed by atoms with Gasteiger partial charge in [0.05, 0.1) is 0 Å². The highest BCUT2D eigenvalue weighted by atomic mass is 16.4. The van der Waals surface area contributed by atoms with Gasteiger partial charge in [-0.05, 0) is 51.9 Å². The molecular formula is C18H22N4O2. The zero-order valence-corrected chi connectivity index (χ0v) is 14.2. The first kappa shape index (κ1) is 16.3. The molecule has 1 aliphatic rings. The lowest BCUT2D eigenvalue weighted by Crippen LogP contribution is -2.41. The lowest BCUT2D eigenvalue weighted by Gasteiger charge is -2.24. The summed E-state index contributed by atoms with van der Waals surface area (Å²) >= 11 is 0. The molecule has 0 bridgehead atoms. The van der Waals surface area contributed by atoms with Crippen molar-refractivity contribution in [3.8, 4) is 12.0 Å². The van der Waals surface area contributed by atoms with Crippen molar-refractivity contribution >= 4 is 5.91 Å². The number of carbonyl (C=O) groups excluding carboxylic acids is 1. The van der Waals surface area contributed by atoms with Gasteiger partial charge in [-0.25, -0.2) is 0 Å². The summed E-state index contributed by atoms with van der Waals surface area (Å²) in [6, 6.07) is 6.13. The Labute approximate surface area is 141 Å². The highest BCUT2D eigenvalue weighted by Crippen LogP contribution is 2.34. The van der Waals surface area contributed by atoms with Gasteiger partial charge >= 0.3 is 0 Å². The lowest BCUT2D eigenvalue weighted by atomic mass is 10.1. The molecule has 0 saturated heterocycles. The summed E-state index contributed by atoms with van der Waals surface area (Å²) in [4.78, 5) is 14.8. The van der Waals surface area contributed by atoms with Crippen LogP contribution in [0, 0.1) is 24.2 Å². The number of nitrogens with zero attached hydrogens (tertiary/aromatic N) is 3. The van der Waals surface area contributed by atoms with Crippen LogP contribution in [0.15, 0.2) is 28.9 Å². The molecule has 1 unspecified atom stereocenters. The van der Waals surface area contributed by atoms with Crippen molar-refractivity contribution in [3.05, 3.63) is 41.4 Å². The highest BCUT2D eigenvalue weighted by Gasteiger charge is 2.33. The van der Waals surface area contributed by atoms with Gasteiger partial charge in [-0.2, -0.15) is 5.26 Å². The average Bonchev–Trinajstić information content (AvgIpc) is 3.11. The van der Waals surface area contributed by atoms with Crippen molar-refractivity contribution in [2.75, 3.05) is 20.6 Å². The molecule has 3 rings (SSSR count). The average molecular weight is 326 g/mol. The second-order valence-electron chi connectivity index (χ2n) is 6.49. The highest BCUT2D eigenvalue weighted by molar-refractivity contribution is 5.98. The molecule has 2 aromatic heterocycles. The summed E-state index contributed by atoms with van der Waals surface area (Å²) < 4.78 is 7.39. The first-order valence-electron chi connectivity index (χ1n) is 8.14. The SMILES string of the molecule is Cc1oc(-n2cccc2)c(C#N)c1C(=O)NCC(C1CC1)N(C)C. The smallest absolute Gasteiger partial charge is 0.256 e. The van der Waals surface area contributed by atoms with Crippen molar-refractivity contribution in [2.24, 2.45) is 5.92 Å². The Balaban J connectivity index is 1.81. The van der Waals surface area contributed by atoms with Gasteiger partial charge in [-0.3, -0.25) is 9.36 Å². The van der Waals surface area contributed by atoms with E-state index in [1.165, 1.54) is 12.8 Å². The second-order valence-corrected chi connectivity index (χ2v) is 6.49. The number of likely N-dealkylation sites (N-methyl/N-ethyl adjacent to an activating group) is 1. The predicted molar refractivity (Wildman–Crippen MR) is 90.0 cm³/mol. The van der Waals surface area contributed by atoms with Crippen molar-refractivity contribution in [1.29, 1.82) is 5.26 Å². The number of hydrogen-bond acceptors (Lipinski definition) is 4. The number of nitrogens with one attached hydrogen (secondary N) is 1. The number of hydrogen-bond donors (Lipinski definition) is 1. The monoisotopic (exact) mass is 326 g/mol. The van der Waals surface area contributed by atoms with Gasteiger partial charge in [0, 0.05) is 25.0 Å². The molecule has 1 aliphatic carbocycles. The number of nitriles is 1. The normalized spacial score (nSPS) is 15.3. The van der Waals surface area contributed by atoms with Gasteiger partial charge in [0.2, 0.25) is 5.88 Å². The molecule has 1 atom stereocenters. The van der Waals surface area contributed by atoms with E-state index in [4.69, 9.17) is 4.42 Å². The van der Waals surface area contributed by atoms with Gasteiger partial charge in [0.25, 0.3) is 5.91 Å². The number of rotatable bonds is 6. The van der Waals surface area contributed by atoms with Crippen LogP contribution in [0.2, 0.25) is 0 Å². The van der Waals surface area contributed by atoms with Crippen LogP contribution < -0.4 is 5.32 Å². The van der Waals surface area contributed by atoms with Crippen LogP contribution in [-0.4, -0.2) is 42.1 Å². The first-order chi connectivity index (χ1) is 11.5. The fourth-order valence-corrected chi connectivity index (χ4v) is 3.10. The largest absolute Gasteiger partial charge is 0.443 e. The Hall–Kier alpha value is -2.52. The Morgan fingerprint density at radius 3 is 2.67 bits per heavy atom. The van der Waals surface area contributed by atoms with E-state index < -0.39 is 0 Å². The van der Waals surface area contributed by atoms with Crippen molar-refractivity contribution in [3.63, 3.8) is 0 Å². The summed E-state index contributed by atoms with van der Waals surface area (Å²) in [5.41, 5.74) is 0.600. The minimum Gasteiger partial charge on any atom is -0.443 e. The van der Waals surface area contributed by atoms with Crippen molar-refractivity contribution < 1.29 is 9.21 Å². The standard InChI is InChI=1S/C18H22N4O2/c1-12-16(14(10-19)18(24-12)22-8-4-5-9-22)17(23)20-11-15(21(2)3)13-6-7-13/h4-5,8-9,13,15H,6-7,11H2,1-3H3,(H,20,23). The van der Waals surface area contributed by atoms with Gasteiger partial charge in [0.15, 0.2) is 0 Å². The van der Waals surface area contributed by atoms with Crippen LogP contribution in [0.3, 0.4) is 0 Å². The van der Waals surface area contributed by atoms with E-state index in [-0.39, 0.29) is 11.5 Å². The van der Waals surface area contributed by atoms with Gasteiger partial charge < -0.3 is 14.6 Å². The molecule has 1 saturated carbocycles. The molecule has 126 valence electrons. The number of aryl methyl sites for hydroxylation is 1. The number of aromatic nitrogens is 1.